The first kappa shape index (κ1) is 17.1. The number of halogens is 2. The SMILES string of the molecule is COC(=O)c1ccc(N2CCSCC2c2ccccc2Cl)cc1F. The van der Waals surface area contributed by atoms with E-state index in [4.69, 9.17) is 11.6 Å². The Kier molecular flexibility index (Phi) is 5.31. The summed E-state index contributed by atoms with van der Waals surface area (Å²) in [4.78, 5) is 13.7. The average molecular weight is 366 g/mol. The van der Waals surface area contributed by atoms with Crippen molar-refractivity contribution in [2.45, 2.75) is 6.04 Å². The van der Waals surface area contributed by atoms with Crippen molar-refractivity contribution in [3.8, 4) is 0 Å². The number of hydrogen-bond donors (Lipinski definition) is 0. The van der Waals surface area contributed by atoms with Gasteiger partial charge in [-0.25, -0.2) is 9.18 Å². The van der Waals surface area contributed by atoms with E-state index < -0.39 is 11.8 Å². The van der Waals surface area contributed by atoms with E-state index in [0.29, 0.717) is 5.02 Å². The van der Waals surface area contributed by atoms with Crippen molar-refractivity contribution in [2.24, 2.45) is 0 Å². The highest BCUT2D eigenvalue weighted by Crippen LogP contribution is 2.37. The van der Waals surface area contributed by atoms with Gasteiger partial charge in [-0.1, -0.05) is 29.8 Å². The van der Waals surface area contributed by atoms with Crippen molar-refractivity contribution in [2.75, 3.05) is 30.1 Å². The summed E-state index contributed by atoms with van der Waals surface area (Å²) in [6.45, 7) is 0.789. The molecule has 1 fully saturated rings. The molecule has 1 unspecified atom stereocenters. The summed E-state index contributed by atoms with van der Waals surface area (Å²) in [7, 11) is 1.24. The number of carbonyl (C=O) groups is 1. The number of esters is 1. The highest BCUT2D eigenvalue weighted by Gasteiger charge is 2.27. The molecule has 1 heterocycles. The standard InChI is InChI=1S/C18H17ClFNO2S/c1-23-18(22)14-7-6-12(10-16(14)20)21-8-9-24-11-17(21)13-4-2-3-5-15(13)19/h2-7,10,17H,8-9,11H2,1H3. The van der Waals surface area contributed by atoms with Gasteiger partial charge in [0, 0.05) is 28.8 Å². The number of methoxy groups -OCH3 is 1. The fraction of sp³-hybridized carbons (Fsp3) is 0.278. The molecule has 0 radical (unpaired) electrons. The Labute approximate surface area is 149 Å². The molecule has 1 saturated heterocycles. The van der Waals surface area contributed by atoms with Crippen LogP contribution in [0, 0.1) is 5.82 Å². The van der Waals surface area contributed by atoms with Crippen LogP contribution in [0.5, 0.6) is 0 Å². The lowest BCUT2D eigenvalue weighted by Gasteiger charge is -2.38. The van der Waals surface area contributed by atoms with Crippen molar-refractivity contribution in [1.82, 2.24) is 0 Å². The second kappa shape index (κ2) is 7.45. The van der Waals surface area contributed by atoms with Crippen LogP contribution in [-0.4, -0.2) is 31.1 Å². The molecule has 1 aliphatic heterocycles. The summed E-state index contributed by atoms with van der Waals surface area (Å²) in [5.41, 5.74) is 1.72. The average Bonchev–Trinajstić information content (AvgIpc) is 2.61. The zero-order valence-corrected chi connectivity index (χ0v) is 14.7. The monoisotopic (exact) mass is 365 g/mol. The normalized spacial score (nSPS) is 17.6. The number of thioether (sulfide) groups is 1. The number of nitrogens with zero attached hydrogens (tertiary/aromatic N) is 1. The van der Waals surface area contributed by atoms with Crippen molar-refractivity contribution >= 4 is 35.0 Å². The first-order valence-electron chi connectivity index (χ1n) is 7.58. The third-order valence-corrected chi connectivity index (χ3v) is 5.45. The third kappa shape index (κ3) is 3.37. The topological polar surface area (TPSA) is 29.5 Å². The maximum absolute atomic E-state index is 14.3. The van der Waals surface area contributed by atoms with Gasteiger partial charge in [0.25, 0.3) is 0 Å². The van der Waals surface area contributed by atoms with Crippen LogP contribution in [0.15, 0.2) is 42.5 Å². The molecule has 2 aromatic carbocycles. The van der Waals surface area contributed by atoms with E-state index in [-0.39, 0.29) is 11.6 Å². The Morgan fingerprint density at radius 2 is 2.12 bits per heavy atom. The van der Waals surface area contributed by atoms with Crippen LogP contribution in [-0.2, 0) is 4.74 Å². The minimum Gasteiger partial charge on any atom is -0.465 e. The Balaban J connectivity index is 1.95. The van der Waals surface area contributed by atoms with Crippen molar-refractivity contribution in [3.63, 3.8) is 0 Å². The van der Waals surface area contributed by atoms with Gasteiger partial charge in [0.1, 0.15) is 5.82 Å². The van der Waals surface area contributed by atoms with Crippen LogP contribution in [0.2, 0.25) is 5.02 Å². The maximum Gasteiger partial charge on any atom is 0.340 e. The summed E-state index contributed by atoms with van der Waals surface area (Å²) < 4.78 is 18.9. The molecule has 0 spiro atoms. The molecule has 3 rings (SSSR count). The summed E-state index contributed by atoms with van der Waals surface area (Å²) in [6.07, 6.45) is 0. The zero-order valence-electron chi connectivity index (χ0n) is 13.2. The second-order valence-electron chi connectivity index (χ2n) is 5.46. The first-order valence-corrected chi connectivity index (χ1v) is 9.11. The van der Waals surface area contributed by atoms with Crippen molar-refractivity contribution < 1.29 is 13.9 Å². The third-order valence-electron chi connectivity index (χ3n) is 4.08. The minimum atomic E-state index is -0.670. The van der Waals surface area contributed by atoms with Gasteiger partial charge in [0.15, 0.2) is 0 Å². The largest absolute Gasteiger partial charge is 0.465 e. The maximum atomic E-state index is 14.3. The fourth-order valence-electron chi connectivity index (χ4n) is 2.87. The summed E-state index contributed by atoms with van der Waals surface area (Å²) in [6, 6.07) is 12.4. The zero-order chi connectivity index (χ0) is 17.1. The number of benzene rings is 2. The van der Waals surface area contributed by atoms with Gasteiger partial charge < -0.3 is 9.64 Å². The molecule has 126 valence electrons. The van der Waals surface area contributed by atoms with Gasteiger partial charge in [-0.3, -0.25) is 0 Å². The van der Waals surface area contributed by atoms with E-state index in [1.54, 1.807) is 6.07 Å². The quantitative estimate of drug-likeness (QED) is 0.746. The van der Waals surface area contributed by atoms with Gasteiger partial charge in [0.2, 0.25) is 0 Å². The molecular formula is C18H17ClFNO2S. The van der Waals surface area contributed by atoms with Crippen molar-refractivity contribution in [1.29, 1.82) is 0 Å². The lowest BCUT2D eigenvalue weighted by molar-refractivity contribution is 0.0595. The Morgan fingerprint density at radius 3 is 2.83 bits per heavy atom. The molecule has 0 aliphatic carbocycles. The number of carbonyl (C=O) groups excluding carboxylic acids is 1. The highest BCUT2D eigenvalue weighted by atomic mass is 35.5. The predicted molar refractivity (Wildman–Crippen MR) is 96.6 cm³/mol. The molecule has 0 saturated carbocycles. The summed E-state index contributed by atoms with van der Waals surface area (Å²) in [5.74, 6) is 0.595. The van der Waals surface area contributed by atoms with Crippen LogP contribution in [0.1, 0.15) is 22.0 Å². The summed E-state index contributed by atoms with van der Waals surface area (Å²) >= 11 is 8.21. The molecule has 0 bridgehead atoms. The Bertz CT molecular complexity index is 756. The molecule has 2 aromatic rings. The van der Waals surface area contributed by atoms with Gasteiger partial charge in [-0.15, -0.1) is 0 Å². The molecular weight excluding hydrogens is 349 g/mol. The molecule has 3 nitrogen and oxygen atoms in total. The van der Waals surface area contributed by atoms with E-state index in [0.717, 1.165) is 29.3 Å². The minimum absolute atomic E-state index is 0.0538. The van der Waals surface area contributed by atoms with Gasteiger partial charge in [-0.05, 0) is 29.8 Å². The van der Waals surface area contributed by atoms with Gasteiger partial charge in [0.05, 0.1) is 18.7 Å². The first-order chi connectivity index (χ1) is 11.6. The Hall–Kier alpha value is -1.72. The molecule has 0 aromatic heterocycles. The smallest absolute Gasteiger partial charge is 0.340 e. The van der Waals surface area contributed by atoms with E-state index in [2.05, 4.69) is 9.64 Å². The molecule has 1 aliphatic rings. The summed E-state index contributed by atoms with van der Waals surface area (Å²) in [5, 5.41) is 0.710. The molecule has 24 heavy (non-hydrogen) atoms. The van der Waals surface area contributed by atoms with Crippen molar-refractivity contribution in [3.05, 3.63) is 64.4 Å². The number of hydrogen-bond acceptors (Lipinski definition) is 4. The predicted octanol–water partition coefficient (Wildman–Crippen LogP) is 4.56. The van der Waals surface area contributed by atoms with Crippen LogP contribution >= 0.6 is 23.4 Å². The van der Waals surface area contributed by atoms with E-state index in [1.165, 1.54) is 19.2 Å². The molecule has 0 amide bonds. The van der Waals surface area contributed by atoms with Crippen LogP contribution in [0.25, 0.3) is 0 Å². The van der Waals surface area contributed by atoms with Gasteiger partial charge in [-0.2, -0.15) is 11.8 Å². The molecule has 6 heteroatoms. The number of anilines is 1. The fourth-order valence-corrected chi connectivity index (χ4v) is 4.21. The Morgan fingerprint density at radius 1 is 1.33 bits per heavy atom. The molecule has 1 atom stereocenters. The van der Waals surface area contributed by atoms with Crippen LogP contribution < -0.4 is 4.90 Å². The van der Waals surface area contributed by atoms with Crippen LogP contribution in [0.4, 0.5) is 10.1 Å². The van der Waals surface area contributed by atoms with E-state index in [1.807, 2.05) is 36.0 Å². The molecule has 0 N–H and O–H groups in total. The van der Waals surface area contributed by atoms with Crippen LogP contribution in [0.3, 0.4) is 0 Å². The van der Waals surface area contributed by atoms with E-state index in [9.17, 15) is 9.18 Å². The number of rotatable bonds is 3. The number of ether oxygens (including phenoxy) is 1. The highest BCUT2D eigenvalue weighted by molar-refractivity contribution is 7.99. The van der Waals surface area contributed by atoms with Gasteiger partial charge >= 0.3 is 5.97 Å². The lowest BCUT2D eigenvalue weighted by atomic mass is 10.0. The lowest BCUT2D eigenvalue weighted by Crippen LogP contribution is -2.36. The second-order valence-corrected chi connectivity index (χ2v) is 7.02. The van der Waals surface area contributed by atoms with E-state index >= 15 is 0 Å².